The van der Waals surface area contributed by atoms with Gasteiger partial charge in [0.25, 0.3) is 0 Å². The number of nitrogens with zero attached hydrogens (tertiary/aromatic N) is 3. The topological polar surface area (TPSA) is 95.1 Å². The van der Waals surface area contributed by atoms with Crippen LogP contribution in [0.2, 0.25) is 0 Å². The molecule has 2 aliphatic heterocycles. The lowest BCUT2D eigenvalue weighted by atomic mass is 10.2. The molecule has 0 aromatic heterocycles. The van der Waals surface area contributed by atoms with Gasteiger partial charge in [0.05, 0.1) is 4.90 Å². The van der Waals surface area contributed by atoms with E-state index < -0.39 is 10.0 Å². The van der Waals surface area contributed by atoms with Gasteiger partial charge in [0.2, 0.25) is 21.8 Å². The Morgan fingerprint density at radius 1 is 1.00 bits per heavy atom. The molecular formula is C19H25N3O5S. The van der Waals surface area contributed by atoms with Gasteiger partial charge >= 0.3 is 0 Å². The van der Waals surface area contributed by atoms with Crippen molar-refractivity contribution in [2.24, 2.45) is 0 Å². The van der Waals surface area contributed by atoms with Crippen molar-refractivity contribution in [1.82, 2.24) is 14.1 Å². The molecule has 0 atom stereocenters. The SMILES string of the molecule is CC(=O)c1ccc(S(=O)(=O)N2CCN(C(=O)CCN3CCCC3=O)CC2)cc1. The minimum absolute atomic E-state index is 0.0532. The molecule has 152 valence electrons. The Hall–Kier alpha value is -2.26. The van der Waals surface area contributed by atoms with Gasteiger partial charge in [-0.1, -0.05) is 12.1 Å². The van der Waals surface area contributed by atoms with Gasteiger partial charge in [0, 0.05) is 57.7 Å². The van der Waals surface area contributed by atoms with E-state index in [9.17, 15) is 22.8 Å². The van der Waals surface area contributed by atoms with Crippen LogP contribution in [-0.4, -0.2) is 79.4 Å². The zero-order valence-corrected chi connectivity index (χ0v) is 16.8. The van der Waals surface area contributed by atoms with E-state index in [0.29, 0.717) is 38.2 Å². The molecular weight excluding hydrogens is 382 g/mol. The second kappa shape index (κ2) is 8.40. The first-order valence-electron chi connectivity index (χ1n) is 9.46. The average Bonchev–Trinajstić information content (AvgIpc) is 3.11. The summed E-state index contributed by atoms with van der Waals surface area (Å²) in [5, 5.41) is 0. The van der Waals surface area contributed by atoms with E-state index in [0.717, 1.165) is 6.42 Å². The van der Waals surface area contributed by atoms with Crippen LogP contribution in [0.25, 0.3) is 0 Å². The van der Waals surface area contributed by atoms with Gasteiger partial charge in [-0.3, -0.25) is 14.4 Å². The zero-order chi connectivity index (χ0) is 20.3. The molecule has 0 aliphatic carbocycles. The molecule has 2 saturated heterocycles. The van der Waals surface area contributed by atoms with E-state index >= 15 is 0 Å². The quantitative estimate of drug-likeness (QED) is 0.648. The second-order valence-corrected chi connectivity index (χ2v) is 9.04. The number of benzene rings is 1. The molecule has 0 N–H and O–H groups in total. The van der Waals surface area contributed by atoms with Crippen molar-refractivity contribution < 1.29 is 22.8 Å². The van der Waals surface area contributed by atoms with Gasteiger partial charge in [-0.05, 0) is 25.5 Å². The Morgan fingerprint density at radius 2 is 1.64 bits per heavy atom. The molecule has 1 aromatic carbocycles. The highest BCUT2D eigenvalue weighted by atomic mass is 32.2. The molecule has 28 heavy (non-hydrogen) atoms. The van der Waals surface area contributed by atoms with Crippen LogP contribution in [0.4, 0.5) is 0 Å². The summed E-state index contributed by atoms with van der Waals surface area (Å²) in [6, 6.07) is 5.90. The maximum absolute atomic E-state index is 12.8. The summed E-state index contributed by atoms with van der Waals surface area (Å²) in [5.41, 5.74) is 0.464. The highest BCUT2D eigenvalue weighted by Gasteiger charge is 2.30. The van der Waals surface area contributed by atoms with Crippen molar-refractivity contribution in [3.63, 3.8) is 0 Å². The number of Topliss-reactive ketones (excluding diaryl/α,β-unsaturated/α-hetero) is 1. The molecule has 9 heteroatoms. The zero-order valence-electron chi connectivity index (χ0n) is 16.0. The van der Waals surface area contributed by atoms with Crippen molar-refractivity contribution in [3.05, 3.63) is 29.8 Å². The molecule has 0 bridgehead atoms. The number of hydrogen-bond donors (Lipinski definition) is 0. The third kappa shape index (κ3) is 4.41. The Bertz CT molecular complexity index is 858. The number of hydrogen-bond acceptors (Lipinski definition) is 5. The van der Waals surface area contributed by atoms with Gasteiger partial charge in [0.15, 0.2) is 5.78 Å². The minimum Gasteiger partial charge on any atom is -0.342 e. The van der Waals surface area contributed by atoms with Gasteiger partial charge in [-0.15, -0.1) is 0 Å². The first-order chi connectivity index (χ1) is 13.3. The van der Waals surface area contributed by atoms with Gasteiger partial charge in [-0.2, -0.15) is 4.31 Å². The Kier molecular flexibility index (Phi) is 6.14. The molecule has 2 amide bonds. The van der Waals surface area contributed by atoms with Crippen LogP contribution >= 0.6 is 0 Å². The van der Waals surface area contributed by atoms with Gasteiger partial charge in [-0.25, -0.2) is 8.42 Å². The fourth-order valence-corrected chi connectivity index (χ4v) is 4.94. The van der Waals surface area contributed by atoms with E-state index in [1.807, 2.05) is 0 Å². The molecule has 2 heterocycles. The molecule has 0 saturated carbocycles. The summed E-state index contributed by atoms with van der Waals surface area (Å²) < 4.78 is 26.9. The van der Waals surface area contributed by atoms with Crippen LogP contribution in [-0.2, 0) is 19.6 Å². The summed E-state index contributed by atoms with van der Waals surface area (Å²) in [6.45, 7) is 3.68. The smallest absolute Gasteiger partial charge is 0.243 e. The van der Waals surface area contributed by atoms with Gasteiger partial charge in [0.1, 0.15) is 0 Å². The van der Waals surface area contributed by atoms with Crippen molar-refractivity contribution in [2.75, 3.05) is 39.3 Å². The summed E-state index contributed by atoms with van der Waals surface area (Å²) in [6.07, 6.45) is 1.67. The number of amides is 2. The number of piperazine rings is 1. The normalized spacial score (nSPS) is 18.5. The lowest BCUT2D eigenvalue weighted by molar-refractivity contribution is -0.133. The lowest BCUT2D eigenvalue weighted by Gasteiger charge is -2.34. The fourth-order valence-electron chi connectivity index (χ4n) is 3.52. The molecule has 0 spiro atoms. The van der Waals surface area contributed by atoms with Crippen LogP contribution in [0.15, 0.2) is 29.2 Å². The molecule has 1 aromatic rings. The number of sulfonamides is 1. The van der Waals surface area contributed by atoms with E-state index in [4.69, 9.17) is 0 Å². The van der Waals surface area contributed by atoms with Crippen molar-refractivity contribution >= 4 is 27.6 Å². The van der Waals surface area contributed by atoms with Gasteiger partial charge < -0.3 is 9.80 Å². The standard InChI is InChI=1S/C19H25N3O5S/c1-15(23)16-4-6-17(7-5-16)28(26,27)22-13-11-21(12-14-22)19(25)8-10-20-9-2-3-18(20)24/h4-7H,2-3,8-14H2,1H3. The number of likely N-dealkylation sites (tertiary alicyclic amines) is 1. The monoisotopic (exact) mass is 407 g/mol. The number of rotatable bonds is 6. The molecule has 8 nitrogen and oxygen atoms in total. The molecule has 0 radical (unpaired) electrons. The van der Waals surface area contributed by atoms with Crippen molar-refractivity contribution in [3.8, 4) is 0 Å². The van der Waals surface area contributed by atoms with E-state index in [2.05, 4.69) is 0 Å². The maximum atomic E-state index is 12.8. The molecule has 2 fully saturated rings. The number of carbonyl (C=O) groups is 3. The second-order valence-electron chi connectivity index (χ2n) is 7.10. The average molecular weight is 407 g/mol. The van der Waals surface area contributed by atoms with Crippen molar-refractivity contribution in [2.45, 2.75) is 31.1 Å². The third-order valence-electron chi connectivity index (χ3n) is 5.26. The van der Waals surface area contributed by atoms with Crippen molar-refractivity contribution in [1.29, 1.82) is 0 Å². The summed E-state index contributed by atoms with van der Waals surface area (Å²) >= 11 is 0. The Balaban J connectivity index is 1.54. The molecule has 3 rings (SSSR count). The summed E-state index contributed by atoms with van der Waals surface area (Å²) in [4.78, 5) is 38.9. The highest BCUT2D eigenvalue weighted by Crippen LogP contribution is 2.19. The third-order valence-corrected chi connectivity index (χ3v) is 7.17. The Labute approximate surface area is 165 Å². The Morgan fingerprint density at radius 3 is 2.18 bits per heavy atom. The van der Waals surface area contributed by atoms with E-state index in [1.54, 1.807) is 9.80 Å². The summed E-state index contributed by atoms with van der Waals surface area (Å²) in [5.74, 6) is -0.0752. The highest BCUT2D eigenvalue weighted by molar-refractivity contribution is 7.89. The fraction of sp³-hybridized carbons (Fsp3) is 0.526. The molecule has 0 unspecified atom stereocenters. The predicted octanol–water partition coefficient (Wildman–Crippen LogP) is 0.735. The number of ketones is 1. The lowest BCUT2D eigenvalue weighted by Crippen LogP contribution is -2.50. The van der Waals surface area contributed by atoms with E-state index in [-0.39, 0.29) is 42.0 Å². The minimum atomic E-state index is -3.66. The predicted molar refractivity (Wildman–Crippen MR) is 102 cm³/mol. The summed E-state index contributed by atoms with van der Waals surface area (Å²) in [7, 11) is -3.66. The first kappa shape index (κ1) is 20.5. The first-order valence-corrected chi connectivity index (χ1v) is 10.9. The van der Waals surface area contributed by atoms with Crippen LogP contribution < -0.4 is 0 Å². The van der Waals surface area contributed by atoms with Crippen LogP contribution in [0, 0.1) is 0 Å². The van der Waals surface area contributed by atoms with E-state index in [1.165, 1.54) is 35.5 Å². The van der Waals surface area contributed by atoms with Crippen LogP contribution in [0.5, 0.6) is 0 Å². The molecule has 2 aliphatic rings. The maximum Gasteiger partial charge on any atom is 0.243 e. The largest absolute Gasteiger partial charge is 0.342 e. The number of carbonyl (C=O) groups excluding carboxylic acids is 3. The van der Waals surface area contributed by atoms with Crippen LogP contribution in [0.3, 0.4) is 0 Å². The van der Waals surface area contributed by atoms with Crippen LogP contribution in [0.1, 0.15) is 36.5 Å².